The van der Waals surface area contributed by atoms with Gasteiger partial charge in [-0.3, -0.25) is 0 Å². The molecule has 0 N–H and O–H groups in total. The number of halogens is 3. The molecule has 4 rings (SSSR count). The van der Waals surface area contributed by atoms with Crippen LogP contribution in [0.4, 0.5) is 13.2 Å². The minimum atomic E-state index is -4.42. The Morgan fingerprint density at radius 3 is 2.43 bits per heavy atom. The Balaban J connectivity index is 1.73. The van der Waals surface area contributed by atoms with Gasteiger partial charge in [0, 0.05) is 11.8 Å². The number of nitrogens with zero attached hydrogens (tertiary/aromatic N) is 2. The summed E-state index contributed by atoms with van der Waals surface area (Å²) in [4.78, 5) is 13.0. The minimum Gasteiger partial charge on any atom is -0.459 e. The third-order valence-electron chi connectivity index (χ3n) is 5.06. The lowest BCUT2D eigenvalue weighted by molar-refractivity contribution is -0.137. The molecule has 0 aliphatic heterocycles. The average molecular weight is 388 g/mol. The number of pyridine rings is 1. The second kappa shape index (κ2) is 7.30. The highest BCUT2D eigenvalue weighted by molar-refractivity contribution is 6.03. The fourth-order valence-electron chi connectivity index (χ4n) is 3.61. The zero-order valence-corrected chi connectivity index (χ0v) is 15.1. The summed E-state index contributed by atoms with van der Waals surface area (Å²) >= 11 is 0. The van der Waals surface area contributed by atoms with Crippen molar-refractivity contribution in [2.75, 3.05) is 0 Å². The van der Waals surface area contributed by atoms with Gasteiger partial charge in [0.2, 0.25) is 0 Å². The van der Waals surface area contributed by atoms with E-state index in [0.717, 1.165) is 44.2 Å². The Hall–Kier alpha value is -2.83. The molecule has 1 aliphatic carbocycles. The van der Waals surface area contributed by atoms with Crippen molar-refractivity contribution in [3.8, 4) is 11.3 Å². The molecule has 0 spiro atoms. The van der Waals surface area contributed by atoms with Gasteiger partial charge in [0.1, 0.15) is 17.4 Å². The Morgan fingerprint density at radius 1 is 1.04 bits per heavy atom. The Kier molecular flexibility index (Phi) is 4.83. The summed E-state index contributed by atoms with van der Waals surface area (Å²) in [7, 11) is 0. The van der Waals surface area contributed by atoms with E-state index in [1.54, 1.807) is 28.9 Å². The Labute approximate surface area is 159 Å². The predicted octanol–water partition coefficient (Wildman–Crippen LogP) is 5.51. The number of benzene rings is 1. The van der Waals surface area contributed by atoms with E-state index in [2.05, 4.69) is 5.10 Å². The molecule has 1 fully saturated rings. The van der Waals surface area contributed by atoms with Crippen molar-refractivity contribution in [3.63, 3.8) is 0 Å². The highest BCUT2D eigenvalue weighted by atomic mass is 19.4. The summed E-state index contributed by atoms with van der Waals surface area (Å²) in [5.74, 6) is -0.483. The molecule has 2 aromatic heterocycles. The summed E-state index contributed by atoms with van der Waals surface area (Å²) in [6.07, 6.45) is 2.01. The molecule has 0 saturated heterocycles. The first-order chi connectivity index (χ1) is 13.4. The van der Waals surface area contributed by atoms with Gasteiger partial charge in [0.25, 0.3) is 0 Å². The van der Waals surface area contributed by atoms with E-state index in [0.29, 0.717) is 16.8 Å². The van der Waals surface area contributed by atoms with Crippen molar-refractivity contribution in [1.82, 2.24) is 9.61 Å². The second-order valence-corrected chi connectivity index (χ2v) is 6.99. The highest BCUT2D eigenvalue weighted by Gasteiger charge is 2.31. The van der Waals surface area contributed by atoms with Gasteiger partial charge in [-0.15, -0.1) is 0 Å². The quantitative estimate of drug-likeness (QED) is 0.556. The van der Waals surface area contributed by atoms with Gasteiger partial charge >= 0.3 is 12.1 Å². The third kappa shape index (κ3) is 3.61. The first-order valence-electron chi connectivity index (χ1n) is 9.29. The van der Waals surface area contributed by atoms with Crippen molar-refractivity contribution in [2.45, 2.75) is 44.4 Å². The number of hydrogen-bond acceptors (Lipinski definition) is 3. The maximum absolute atomic E-state index is 13.0. The number of esters is 1. The van der Waals surface area contributed by atoms with Crippen LogP contribution in [0.15, 0.2) is 48.7 Å². The highest BCUT2D eigenvalue weighted by Crippen LogP contribution is 2.33. The van der Waals surface area contributed by atoms with Crippen molar-refractivity contribution in [1.29, 1.82) is 0 Å². The molecule has 0 bridgehead atoms. The lowest BCUT2D eigenvalue weighted by Crippen LogP contribution is -2.21. The van der Waals surface area contributed by atoms with Crippen LogP contribution in [0.25, 0.3) is 16.8 Å². The zero-order chi connectivity index (χ0) is 19.7. The van der Waals surface area contributed by atoms with E-state index in [-0.39, 0.29) is 11.7 Å². The summed E-state index contributed by atoms with van der Waals surface area (Å²) in [5.41, 5.74) is 0.864. The molecule has 0 amide bonds. The van der Waals surface area contributed by atoms with Gasteiger partial charge in [-0.2, -0.15) is 18.3 Å². The van der Waals surface area contributed by atoms with Gasteiger partial charge < -0.3 is 4.74 Å². The van der Waals surface area contributed by atoms with Gasteiger partial charge in [0.05, 0.1) is 11.1 Å². The number of hydrogen-bond donors (Lipinski definition) is 0. The molecule has 0 unspecified atom stereocenters. The monoisotopic (exact) mass is 388 g/mol. The second-order valence-electron chi connectivity index (χ2n) is 6.99. The number of ether oxygens (including phenoxy) is 1. The van der Waals surface area contributed by atoms with Gasteiger partial charge in [0.15, 0.2) is 0 Å². The topological polar surface area (TPSA) is 43.6 Å². The van der Waals surface area contributed by atoms with Crippen molar-refractivity contribution >= 4 is 11.5 Å². The van der Waals surface area contributed by atoms with Crippen molar-refractivity contribution < 1.29 is 22.7 Å². The van der Waals surface area contributed by atoms with Crippen molar-refractivity contribution in [3.05, 3.63) is 59.8 Å². The first kappa shape index (κ1) is 18.5. The summed E-state index contributed by atoms with van der Waals surface area (Å²) in [6.45, 7) is 0. The fourth-order valence-corrected chi connectivity index (χ4v) is 3.61. The lowest BCUT2D eigenvalue weighted by Gasteiger charge is -2.21. The molecule has 0 radical (unpaired) electrons. The molecule has 7 heteroatoms. The van der Waals surface area contributed by atoms with Crippen LogP contribution in [-0.2, 0) is 10.9 Å². The van der Waals surface area contributed by atoms with E-state index in [1.165, 1.54) is 12.1 Å². The number of rotatable bonds is 3. The van der Waals surface area contributed by atoms with Gasteiger partial charge in [-0.05, 0) is 49.9 Å². The average Bonchev–Trinajstić information content (AvgIpc) is 3.08. The molecule has 146 valence electrons. The summed E-state index contributed by atoms with van der Waals surface area (Å²) < 4.78 is 45.8. The number of aromatic nitrogens is 2. The summed E-state index contributed by atoms with van der Waals surface area (Å²) in [6, 6.07) is 9.96. The molecular weight excluding hydrogens is 369 g/mol. The molecule has 28 heavy (non-hydrogen) atoms. The molecule has 4 nitrogen and oxygen atoms in total. The maximum Gasteiger partial charge on any atom is 0.416 e. The van der Waals surface area contributed by atoms with Gasteiger partial charge in [-0.1, -0.05) is 24.6 Å². The van der Waals surface area contributed by atoms with E-state index in [4.69, 9.17) is 4.74 Å². The number of fused-ring (bicyclic) bond motifs is 1. The van der Waals surface area contributed by atoms with E-state index >= 15 is 0 Å². The minimum absolute atomic E-state index is 0.125. The standard InChI is InChI=1S/C21H19F3N2O2/c22-21(23,24)15-11-9-14(10-12-15)19-18(17-8-4-5-13-26(17)25-19)20(27)28-16-6-2-1-3-7-16/h4-5,8-13,16H,1-3,6-7H2. The van der Waals surface area contributed by atoms with Crippen LogP contribution < -0.4 is 0 Å². The largest absolute Gasteiger partial charge is 0.459 e. The van der Waals surface area contributed by atoms with Crippen LogP contribution in [0.3, 0.4) is 0 Å². The number of carbonyl (C=O) groups is 1. The molecule has 1 saturated carbocycles. The molecule has 1 aromatic carbocycles. The van der Waals surface area contributed by atoms with Crippen LogP contribution in [0.1, 0.15) is 48.0 Å². The van der Waals surface area contributed by atoms with Gasteiger partial charge in [-0.25, -0.2) is 9.31 Å². The van der Waals surface area contributed by atoms with Crippen LogP contribution in [0.5, 0.6) is 0 Å². The van der Waals surface area contributed by atoms with Crippen LogP contribution >= 0.6 is 0 Å². The fraction of sp³-hybridized carbons (Fsp3) is 0.333. The molecule has 3 aromatic rings. The Morgan fingerprint density at radius 2 is 1.75 bits per heavy atom. The number of carbonyl (C=O) groups excluding carboxylic acids is 1. The number of alkyl halides is 3. The third-order valence-corrected chi connectivity index (χ3v) is 5.06. The van der Waals surface area contributed by atoms with Crippen molar-refractivity contribution in [2.24, 2.45) is 0 Å². The van der Waals surface area contributed by atoms with Crippen LogP contribution in [0.2, 0.25) is 0 Å². The first-order valence-corrected chi connectivity index (χ1v) is 9.29. The SMILES string of the molecule is O=C(OC1CCCCC1)c1c(-c2ccc(C(F)(F)F)cc2)nn2ccccc12. The molecule has 2 heterocycles. The van der Waals surface area contributed by atoms with E-state index in [1.807, 2.05) is 0 Å². The van der Waals surface area contributed by atoms with Crippen LogP contribution in [-0.4, -0.2) is 21.7 Å². The van der Waals surface area contributed by atoms with E-state index in [9.17, 15) is 18.0 Å². The van der Waals surface area contributed by atoms with Crippen LogP contribution in [0, 0.1) is 0 Å². The smallest absolute Gasteiger partial charge is 0.416 e. The molecular formula is C21H19F3N2O2. The predicted molar refractivity (Wildman–Crippen MR) is 97.9 cm³/mol. The lowest BCUT2D eigenvalue weighted by atomic mass is 9.97. The molecule has 0 atom stereocenters. The Bertz CT molecular complexity index is 987. The zero-order valence-electron chi connectivity index (χ0n) is 15.1. The maximum atomic E-state index is 13.0. The summed E-state index contributed by atoms with van der Waals surface area (Å²) in [5, 5.41) is 4.42. The van der Waals surface area contributed by atoms with E-state index < -0.39 is 17.7 Å². The molecule has 1 aliphatic rings. The normalized spacial score (nSPS) is 15.7.